The van der Waals surface area contributed by atoms with E-state index in [-0.39, 0.29) is 0 Å². The molecule has 9 rings (SSSR count). The highest BCUT2D eigenvalue weighted by Crippen LogP contribution is 2.43. The Morgan fingerprint density at radius 3 is 1.27 bits per heavy atom. The van der Waals surface area contributed by atoms with Gasteiger partial charge in [-0.25, -0.2) is 0 Å². The molecule has 0 unspecified atom stereocenters. The second-order valence-corrected chi connectivity index (χ2v) is 10.6. The Bertz CT molecular complexity index is 2240. The summed E-state index contributed by atoms with van der Waals surface area (Å²) in [5.41, 5.74) is 6.68. The van der Waals surface area contributed by atoms with Crippen molar-refractivity contribution in [1.82, 2.24) is 0 Å². The Hall–Kier alpha value is -5.34. The van der Waals surface area contributed by atoms with E-state index in [2.05, 4.69) is 109 Å². The lowest BCUT2D eigenvalue weighted by Gasteiger charge is -2.15. The van der Waals surface area contributed by atoms with E-state index < -0.39 is 0 Å². The van der Waals surface area contributed by atoms with Gasteiger partial charge in [0.1, 0.15) is 11.2 Å². The van der Waals surface area contributed by atoms with Crippen LogP contribution in [0.1, 0.15) is 0 Å². The lowest BCUT2D eigenvalue weighted by atomic mass is 9.88. The first-order valence-electron chi connectivity index (χ1n) is 13.6. The fraction of sp³-hybridized carbons (Fsp3) is 0. The van der Waals surface area contributed by atoms with Gasteiger partial charge in [0.25, 0.3) is 0 Å². The highest BCUT2D eigenvalue weighted by atomic mass is 16.3. The first-order valence-corrected chi connectivity index (χ1v) is 13.6. The van der Waals surface area contributed by atoms with Crippen LogP contribution in [0.2, 0.25) is 0 Å². The highest BCUT2D eigenvalue weighted by molar-refractivity contribution is 6.24. The summed E-state index contributed by atoms with van der Waals surface area (Å²) in [7, 11) is 0. The molecule has 2 heteroatoms. The molecule has 0 aliphatic rings. The van der Waals surface area contributed by atoms with Crippen molar-refractivity contribution >= 4 is 65.0 Å². The highest BCUT2D eigenvalue weighted by Gasteiger charge is 2.16. The minimum atomic E-state index is 0.903. The minimum Gasteiger partial charge on any atom is -0.464 e. The third kappa shape index (κ3) is 3.11. The molecule has 0 atom stereocenters. The van der Waals surface area contributed by atoms with Gasteiger partial charge >= 0.3 is 0 Å². The summed E-state index contributed by atoms with van der Waals surface area (Å²) in [4.78, 5) is 0. The van der Waals surface area contributed by atoms with Crippen LogP contribution in [-0.2, 0) is 0 Å². The van der Waals surface area contributed by atoms with E-state index >= 15 is 0 Å². The maximum Gasteiger partial charge on any atom is 0.134 e. The second-order valence-electron chi connectivity index (χ2n) is 10.6. The van der Waals surface area contributed by atoms with Crippen molar-refractivity contribution in [2.24, 2.45) is 0 Å². The standard InChI is InChI=1S/C38H22O2/c1-3-7-23(8-4-1)29-18-27-15-28-19-30(24-9-5-2-6-10-24)34-17-26-12-14-40-38(26)22-36(34)32(28)20-31(27)35-21-37-25(11-13-39-37)16-33(29)35/h1-22H. The van der Waals surface area contributed by atoms with E-state index in [1.807, 2.05) is 12.1 Å². The van der Waals surface area contributed by atoms with E-state index in [1.165, 1.54) is 65.3 Å². The summed E-state index contributed by atoms with van der Waals surface area (Å²) in [5, 5.41) is 11.9. The molecule has 0 amide bonds. The maximum absolute atomic E-state index is 5.87. The molecule has 40 heavy (non-hydrogen) atoms. The number of benzene rings is 7. The minimum absolute atomic E-state index is 0.903. The first-order chi connectivity index (χ1) is 19.8. The summed E-state index contributed by atoms with van der Waals surface area (Å²) in [6.45, 7) is 0. The van der Waals surface area contributed by atoms with Gasteiger partial charge in [-0.15, -0.1) is 0 Å². The Balaban J connectivity index is 1.47. The number of furan rings is 2. The van der Waals surface area contributed by atoms with E-state index in [0.717, 1.165) is 21.9 Å². The molecule has 2 nitrogen and oxygen atoms in total. The third-order valence-electron chi connectivity index (χ3n) is 8.34. The fourth-order valence-electron chi connectivity index (χ4n) is 6.43. The molecule has 0 N–H and O–H groups in total. The first kappa shape index (κ1) is 21.6. The van der Waals surface area contributed by atoms with Crippen LogP contribution < -0.4 is 0 Å². The zero-order chi connectivity index (χ0) is 26.2. The zero-order valence-electron chi connectivity index (χ0n) is 21.5. The summed E-state index contributed by atoms with van der Waals surface area (Å²) in [6, 6.07) is 43.8. The maximum atomic E-state index is 5.87. The van der Waals surface area contributed by atoms with Crippen molar-refractivity contribution < 1.29 is 8.83 Å². The lowest BCUT2D eigenvalue weighted by molar-refractivity contribution is 0.616. The molecule has 0 radical (unpaired) electrons. The molecule has 9 aromatic rings. The summed E-state index contributed by atoms with van der Waals surface area (Å²) >= 11 is 0. The fourth-order valence-corrected chi connectivity index (χ4v) is 6.43. The zero-order valence-corrected chi connectivity index (χ0v) is 21.5. The van der Waals surface area contributed by atoms with E-state index in [1.54, 1.807) is 12.5 Å². The van der Waals surface area contributed by atoms with Gasteiger partial charge in [-0.05, 0) is 126 Å². The predicted molar refractivity (Wildman–Crippen MR) is 167 cm³/mol. The van der Waals surface area contributed by atoms with Crippen LogP contribution in [0.15, 0.2) is 143 Å². The third-order valence-corrected chi connectivity index (χ3v) is 8.34. The second kappa shape index (κ2) is 8.08. The number of rotatable bonds is 2. The molecule has 7 aromatic carbocycles. The average Bonchev–Trinajstić information content (AvgIpc) is 3.67. The van der Waals surface area contributed by atoms with Crippen LogP contribution in [0.5, 0.6) is 0 Å². The molecule has 0 aliphatic carbocycles. The monoisotopic (exact) mass is 510 g/mol. The van der Waals surface area contributed by atoms with Gasteiger partial charge in [-0.3, -0.25) is 0 Å². The van der Waals surface area contributed by atoms with Crippen molar-refractivity contribution in [2.45, 2.75) is 0 Å². The molecule has 0 aliphatic heterocycles. The van der Waals surface area contributed by atoms with Crippen LogP contribution >= 0.6 is 0 Å². The van der Waals surface area contributed by atoms with Crippen molar-refractivity contribution in [2.75, 3.05) is 0 Å². The molecule has 2 heterocycles. The molecular weight excluding hydrogens is 488 g/mol. The molecule has 0 saturated heterocycles. The van der Waals surface area contributed by atoms with Gasteiger partial charge in [-0.2, -0.15) is 0 Å². The molecule has 0 saturated carbocycles. The molecule has 0 fully saturated rings. The molecule has 2 aromatic heterocycles. The van der Waals surface area contributed by atoms with Gasteiger partial charge < -0.3 is 8.83 Å². The van der Waals surface area contributed by atoms with Crippen LogP contribution in [0.4, 0.5) is 0 Å². The lowest BCUT2D eigenvalue weighted by Crippen LogP contribution is -1.88. The van der Waals surface area contributed by atoms with Crippen molar-refractivity contribution in [3.63, 3.8) is 0 Å². The van der Waals surface area contributed by atoms with E-state index in [9.17, 15) is 0 Å². The van der Waals surface area contributed by atoms with Crippen LogP contribution in [0, 0.1) is 0 Å². The summed E-state index contributed by atoms with van der Waals surface area (Å²) in [6.07, 6.45) is 3.55. The van der Waals surface area contributed by atoms with Crippen LogP contribution in [0.25, 0.3) is 87.3 Å². The molecule has 186 valence electrons. The summed E-state index contributed by atoms with van der Waals surface area (Å²) in [5.74, 6) is 0. The largest absolute Gasteiger partial charge is 0.464 e. The number of fused-ring (bicyclic) bond motifs is 8. The molecule has 0 bridgehead atoms. The smallest absolute Gasteiger partial charge is 0.134 e. The van der Waals surface area contributed by atoms with E-state index in [0.29, 0.717) is 0 Å². The Morgan fingerprint density at radius 1 is 0.325 bits per heavy atom. The predicted octanol–water partition coefficient (Wildman–Crippen LogP) is 11.1. The van der Waals surface area contributed by atoms with Crippen molar-refractivity contribution in [1.29, 1.82) is 0 Å². The van der Waals surface area contributed by atoms with Crippen molar-refractivity contribution in [3.8, 4) is 22.3 Å². The average molecular weight is 511 g/mol. The topological polar surface area (TPSA) is 26.3 Å². The van der Waals surface area contributed by atoms with Gasteiger partial charge in [0.15, 0.2) is 0 Å². The summed E-state index contributed by atoms with van der Waals surface area (Å²) < 4.78 is 11.7. The van der Waals surface area contributed by atoms with Crippen molar-refractivity contribution in [3.05, 3.63) is 134 Å². The normalized spacial score (nSPS) is 12.0. The SMILES string of the molecule is c1ccc(-c2cc3cc4cc(-c5ccccc5)c5cc6ccoc6cc5c4cc3c3cc4occc4cc23)cc1. The molecule has 0 spiro atoms. The van der Waals surface area contributed by atoms with Crippen LogP contribution in [-0.4, -0.2) is 0 Å². The number of hydrogen-bond donors (Lipinski definition) is 0. The van der Waals surface area contributed by atoms with Crippen LogP contribution in [0.3, 0.4) is 0 Å². The Labute approximate surface area is 229 Å². The Kier molecular flexibility index (Phi) is 4.36. The van der Waals surface area contributed by atoms with Gasteiger partial charge in [0.2, 0.25) is 0 Å². The van der Waals surface area contributed by atoms with E-state index in [4.69, 9.17) is 8.83 Å². The Morgan fingerprint density at radius 2 is 0.800 bits per heavy atom. The van der Waals surface area contributed by atoms with Gasteiger partial charge in [-0.1, -0.05) is 60.7 Å². The van der Waals surface area contributed by atoms with Gasteiger partial charge in [0.05, 0.1) is 12.5 Å². The molecular formula is C38H22O2. The quantitative estimate of drug-likeness (QED) is 0.171. The number of hydrogen-bond acceptors (Lipinski definition) is 2. The van der Waals surface area contributed by atoms with Gasteiger partial charge in [0, 0.05) is 10.8 Å².